The summed E-state index contributed by atoms with van der Waals surface area (Å²) in [7, 11) is 0. The van der Waals surface area contributed by atoms with Gasteiger partial charge in [0.05, 0.1) is 29.6 Å². The maximum Gasteiger partial charge on any atom is 0.252 e. The van der Waals surface area contributed by atoms with Crippen molar-refractivity contribution in [2.75, 3.05) is 6.61 Å². The van der Waals surface area contributed by atoms with Crippen molar-refractivity contribution in [3.63, 3.8) is 0 Å². The minimum Gasteiger partial charge on any atom is -0.348 e. The van der Waals surface area contributed by atoms with E-state index in [2.05, 4.69) is 20.3 Å². The monoisotopic (exact) mass is 482 g/mol. The molecule has 0 aliphatic rings. The fourth-order valence-electron chi connectivity index (χ4n) is 3.33. The number of rotatable bonds is 8. The highest BCUT2D eigenvalue weighted by Crippen LogP contribution is 2.22. The van der Waals surface area contributed by atoms with E-state index in [0.717, 1.165) is 16.8 Å². The quantitative estimate of drug-likeness (QED) is 0.382. The SMILES string of the molecule is C=O.C=O.O=C(NCc1ccc(CCCOF)nc1)c1cccc2c1cnn2-c1ccc(F)cc1. The molecule has 0 spiro atoms. The summed E-state index contributed by atoms with van der Waals surface area (Å²) < 4.78 is 26.6. The van der Waals surface area contributed by atoms with Gasteiger partial charge in [-0.3, -0.25) is 9.78 Å². The Bertz CT molecular complexity index is 1210. The maximum atomic E-state index is 13.2. The molecule has 4 aromatic rings. The number of carbonyl (C=O) groups excluding carboxylic acids is 3. The first-order chi connectivity index (χ1) is 17.2. The van der Waals surface area contributed by atoms with E-state index < -0.39 is 0 Å². The lowest BCUT2D eigenvalue weighted by Gasteiger charge is -2.08. The Hall–Kier alpha value is -4.31. The third-order valence-corrected chi connectivity index (χ3v) is 4.92. The number of fused-ring (bicyclic) bond motifs is 1. The number of nitrogens with one attached hydrogen (secondary N) is 1. The molecule has 0 radical (unpaired) electrons. The van der Waals surface area contributed by atoms with Crippen LogP contribution in [-0.2, 0) is 27.5 Å². The minimum atomic E-state index is -0.323. The van der Waals surface area contributed by atoms with Crippen LogP contribution in [0.3, 0.4) is 0 Å². The second-order valence-corrected chi connectivity index (χ2v) is 7.03. The first kappa shape index (κ1) is 26.9. The molecule has 182 valence electrons. The summed E-state index contributed by atoms with van der Waals surface area (Å²) >= 11 is 0. The predicted molar refractivity (Wildman–Crippen MR) is 126 cm³/mol. The van der Waals surface area contributed by atoms with Gasteiger partial charge in [-0.05, 0) is 65.4 Å². The van der Waals surface area contributed by atoms with Crippen molar-refractivity contribution < 1.29 is 28.2 Å². The number of amides is 1. The molecule has 10 heteroatoms. The summed E-state index contributed by atoms with van der Waals surface area (Å²) in [6.07, 6.45) is 4.50. The highest BCUT2D eigenvalue weighted by atomic mass is 19.3. The van der Waals surface area contributed by atoms with E-state index in [1.165, 1.54) is 12.1 Å². The van der Waals surface area contributed by atoms with Crippen LogP contribution in [0.15, 0.2) is 67.0 Å². The molecule has 2 heterocycles. The number of carbonyl (C=O) groups is 3. The number of aryl methyl sites for hydroxylation is 1. The second kappa shape index (κ2) is 14.1. The molecule has 0 atom stereocenters. The smallest absolute Gasteiger partial charge is 0.252 e. The van der Waals surface area contributed by atoms with Crippen molar-refractivity contribution in [2.45, 2.75) is 19.4 Å². The molecule has 0 bridgehead atoms. The Morgan fingerprint density at radius 3 is 2.40 bits per heavy atom. The first-order valence-electron chi connectivity index (χ1n) is 10.4. The average Bonchev–Trinajstić information content (AvgIpc) is 3.35. The molecule has 0 aliphatic heterocycles. The van der Waals surface area contributed by atoms with Gasteiger partial charge in [0.25, 0.3) is 5.91 Å². The van der Waals surface area contributed by atoms with Gasteiger partial charge in [-0.25, -0.2) is 9.07 Å². The Morgan fingerprint density at radius 1 is 1.00 bits per heavy atom. The number of pyridine rings is 1. The van der Waals surface area contributed by atoms with Crippen LogP contribution in [0.1, 0.15) is 28.0 Å². The molecule has 1 N–H and O–H groups in total. The van der Waals surface area contributed by atoms with Gasteiger partial charge in [-0.15, -0.1) is 0 Å². The van der Waals surface area contributed by atoms with Crippen LogP contribution in [0.25, 0.3) is 16.6 Å². The average molecular weight is 482 g/mol. The van der Waals surface area contributed by atoms with Gasteiger partial charge in [0.15, 0.2) is 0 Å². The van der Waals surface area contributed by atoms with Crippen LogP contribution in [0.5, 0.6) is 0 Å². The van der Waals surface area contributed by atoms with E-state index in [0.29, 0.717) is 36.0 Å². The summed E-state index contributed by atoms with van der Waals surface area (Å²) in [6, 6.07) is 15.1. The van der Waals surface area contributed by atoms with E-state index in [9.17, 15) is 13.7 Å². The van der Waals surface area contributed by atoms with Crippen molar-refractivity contribution in [2.24, 2.45) is 0 Å². The van der Waals surface area contributed by atoms with Crippen LogP contribution in [0.2, 0.25) is 0 Å². The molecule has 0 unspecified atom stereocenters. The number of nitrogens with zero attached hydrogens (tertiary/aromatic N) is 3. The Kier molecular flexibility index (Phi) is 10.8. The van der Waals surface area contributed by atoms with Crippen molar-refractivity contribution >= 4 is 30.4 Å². The molecule has 0 aliphatic carbocycles. The summed E-state index contributed by atoms with van der Waals surface area (Å²) in [6.45, 7) is 4.37. The molecule has 2 aromatic carbocycles. The largest absolute Gasteiger partial charge is 0.348 e. The second-order valence-electron chi connectivity index (χ2n) is 7.03. The molecule has 0 fully saturated rings. The molecule has 0 saturated heterocycles. The van der Waals surface area contributed by atoms with Crippen LogP contribution >= 0.6 is 0 Å². The normalized spacial score (nSPS) is 10.0. The molecule has 8 nitrogen and oxygen atoms in total. The predicted octanol–water partition coefficient (Wildman–Crippen LogP) is 3.95. The topological polar surface area (TPSA) is 103 Å². The van der Waals surface area contributed by atoms with Crippen LogP contribution in [0, 0.1) is 5.82 Å². The zero-order chi connectivity index (χ0) is 25.6. The van der Waals surface area contributed by atoms with Gasteiger partial charge < -0.3 is 14.9 Å². The Labute approximate surface area is 200 Å². The van der Waals surface area contributed by atoms with Gasteiger partial charge in [0, 0.05) is 23.8 Å². The van der Waals surface area contributed by atoms with Crippen molar-refractivity contribution in [3.8, 4) is 5.69 Å². The number of hydrogen-bond donors (Lipinski definition) is 1. The third-order valence-electron chi connectivity index (χ3n) is 4.92. The lowest BCUT2D eigenvalue weighted by molar-refractivity contribution is -0.132. The van der Waals surface area contributed by atoms with Gasteiger partial charge in [0.1, 0.15) is 19.4 Å². The van der Waals surface area contributed by atoms with Gasteiger partial charge >= 0.3 is 0 Å². The summed E-state index contributed by atoms with van der Waals surface area (Å²) in [5.41, 5.74) is 3.65. The molecule has 1 amide bonds. The fraction of sp³-hybridized carbons (Fsp3) is 0.160. The van der Waals surface area contributed by atoms with Crippen LogP contribution < -0.4 is 5.32 Å². The van der Waals surface area contributed by atoms with E-state index in [-0.39, 0.29) is 18.3 Å². The van der Waals surface area contributed by atoms with E-state index in [1.807, 2.05) is 31.8 Å². The number of hydrogen-bond acceptors (Lipinski definition) is 6. The van der Waals surface area contributed by atoms with Crippen LogP contribution in [0.4, 0.5) is 8.92 Å². The standard InChI is InChI=1S/C23H20F2N4O2.2CH2O/c24-17-7-10-19(11-8-17)29-22-5-1-4-20(21(22)15-28-29)23(30)27-14-16-6-9-18(26-13-16)3-2-12-31-25;2*1-2/h1,4-11,13,15H,2-3,12,14H2,(H,27,30);2*1H2. The Balaban J connectivity index is 0.00000103. The van der Waals surface area contributed by atoms with Crippen molar-refractivity contribution in [3.05, 3.63) is 89.6 Å². The minimum absolute atomic E-state index is 0.0444. The zero-order valence-electron chi connectivity index (χ0n) is 18.8. The van der Waals surface area contributed by atoms with E-state index in [4.69, 9.17) is 9.59 Å². The Morgan fingerprint density at radius 2 is 1.74 bits per heavy atom. The highest BCUT2D eigenvalue weighted by molar-refractivity contribution is 6.06. The number of benzene rings is 2. The number of halogens is 2. The summed E-state index contributed by atoms with van der Waals surface area (Å²) in [5.74, 6) is -0.551. The molecule has 0 saturated carbocycles. The van der Waals surface area contributed by atoms with Crippen molar-refractivity contribution in [1.82, 2.24) is 20.1 Å². The van der Waals surface area contributed by atoms with Gasteiger partial charge in [-0.1, -0.05) is 12.1 Å². The van der Waals surface area contributed by atoms with Crippen LogP contribution in [-0.4, -0.2) is 40.9 Å². The molecule has 35 heavy (non-hydrogen) atoms. The molecular weight excluding hydrogens is 458 g/mol. The summed E-state index contributed by atoms with van der Waals surface area (Å²) in [5, 5.41) is 7.97. The fourth-order valence-corrected chi connectivity index (χ4v) is 3.33. The molecular formula is C25H24F2N4O4. The number of aromatic nitrogens is 3. The summed E-state index contributed by atoms with van der Waals surface area (Å²) in [4.78, 5) is 36.7. The van der Waals surface area contributed by atoms with Crippen molar-refractivity contribution in [1.29, 1.82) is 0 Å². The highest BCUT2D eigenvalue weighted by Gasteiger charge is 2.14. The first-order valence-corrected chi connectivity index (χ1v) is 10.4. The third kappa shape index (κ3) is 7.08. The molecule has 4 rings (SSSR count). The van der Waals surface area contributed by atoms with E-state index >= 15 is 0 Å². The zero-order valence-corrected chi connectivity index (χ0v) is 18.8. The lowest BCUT2D eigenvalue weighted by atomic mass is 10.1. The maximum absolute atomic E-state index is 13.2. The lowest BCUT2D eigenvalue weighted by Crippen LogP contribution is -2.23. The van der Waals surface area contributed by atoms with E-state index in [1.54, 1.807) is 41.3 Å². The van der Waals surface area contributed by atoms with Gasteiger partial charge in [0.2, 0.25) is 0 Å². The van der Waals surface area contributed by atoms with Gasteiger partial charge in [-0.2, -0.15) is 10.0 Å². The molecule has 2 aromatic heterocycles.